The maximum absolute atomic E-state index is 10.9. The van der Waals surface area contributed by atoms with Crippen molar-refractivity contribution >= 4 is 6.29 Å². The minimum atomic E-state index is -0.558. The summed E-state index contributed by atoms with van der Waals surface area (Å²) >= 11 is 0. The van der Waals surface area contributed by atoms with Crippen molar-refractivity contribution in [3.63, 3.8) is 0 Å². The summed E-state index contributed by atoms with van der Waals surface area (Å²) in [6.45, 7) is 3.91. The van der Waals surface area contributed by atoms with Gasteiger partial charge in [0.1, 0.15) is 11.9 Å². The SMILES string of the molecule is COc1ccc(C=O)cc1OC(C)(C)c1ccncc1. The Morgan fingerprint density at radius 3 is 2.40 bits per heavy atom. The Kier molecular flexibility index (Phi) is 4.03. The molecule has 2 rings (SSSR count). The Labute approximate surface area is 118 Å². The molecule has 1 aromatic heterocycles. The van der Waals surface area contributed by atoms with Crippen LogP contribution in [0.1, 0.15) is 29.8 Å². The van der Waals surface area contributed by atoms with Gasteiger partial charge in [0.25, 0.3) is 0 Å². The molecule has 0 aliphatic rings. The molecule has 1 heterocycles. The maximum atomic E-state index is 10.9. The average Bonchev–Trinajstić information content (AvgIpc) is 2.47. The molecule has 0 radical (unpaired) electrons. The molecule has 0 N–H and O–H groups in total. The number of aromatic nitrogens is 1. The lowest BCUT2D eigenvalue weighted by molar-refractivity contribution is 0.103. The van der Waals surface area contributed by atoms with E-state index in [9.17, 15) is 4.79 Å². The molecule has 0 unspecified atom stereocenters. The summed E-state index contributed by atoms with van der Waals surface area (Å²) in [5.41, 5.74) is 0.981. The number of hydrogen-bond acceptors (Lipinski definition) is 4. The van der Waals surface area contributed by atoms with Crippen molar-refractivity contribution in [2.45, 2.75) is 19.4 Å². The van der Waals surface area contributed by atoms with Crippen molar-refractivity contribution < 1.29 is 14.3 Å². The van der Waals surface area contributed by atoms with Crippen LogP contribution < -0.4 is 9.47 Å². The van der Waals surface area contributed by atoms with E-state index in [1.165, 1.54) is 0 Å². The van der Waals surface area contributed by atoms with E-state index >= 15 is 0 Å². The number of benzene rings is 1. The molecule has 0 atom stereocenters. The monoisotopic (exact) mass is 271 g/mol. The molecular weight excluding hydrogens is 254 g/mol. The van der Waals surface area contributed by atoms with Crippen LogP contribution in [0, 0.1) is 0 Å². The summed E-state index contributed by atoms with van der Waals surface area (Å²) in [7, 11) is 1.57. The molecule has 104 valence electrons. The second kappa shape index (κ2) is 5.74. The van der Waals surface area contributed by atoms with Gasteiger partial charge < -0.3 is 9.47 Å². The zero-order chi connectivity index (χ0) is 14.6. The third kappa shape index (κ3) is 2.96. The summed E-state index contributed by atoms with van der Waals surface area (Å²) in [6.07, 6.45) is 4.23. The normalized spacial score (nSPS) is 10.9. The number of carbonyl (C=O) groups is 1. The molecule has 0 saturated carbocycles. The van der Waals surface area contributed by atoms with Crippen LogP contribution in [0.3, 0.4) is 0 Å². The Bertz CT molecular complexity index is 594. The highest BCUT2D eigenvalue weighted by molar-refractivity contribution is 5.76. The number of carbonyl (C=O) groups excluding carboxylic acids is 1. The largest absolute Gasteiger partial charge is 0.493 e. The van der Waals surface area contributed by atoms with Gasteiger partial charge in [-0.15, -0.1) is 0 Å². The molecular formula is C16H17NO3. The zero-order valence-corrected chi connectivity index (χ0v) is 11.8. The predicted octanol–water partition coefficient (Wildman–Crippen LogP) is 3.22. The lowest BCUT2D eigenvalue weighted by atomic mass is 9.99. The minimum Gasteiger partial charge on any atom is -0.493 e. The van der Waals surface area contributed by atoms with Gasteiger partial charge >= 0.3 is 0 Å². The van der Waals surface area contributed by atoms with E-state index in [0.29, 0.717) is 17.1 Å². The highest BCUT2D eigenvalue weighted by Gasteiger charge is 2.24. The van der Waals surface area contributed by atoms with E-state index < -0.39 is 5.60 Å². The Morgan fingerprint density at radius 2 is 1.80 bits per heavy atom. The van der Waals surface area contributed by atoms with Crippen LogP contribution in [0.15, 0.2) is 42.7 Å². The number of rotatable bonds is 5. The molecule has 0 aliphatic carbocycles. The van der Waals surface area contributed by atoms with Gasteiger partial charge in [0.2, 0.25) is 0 Å². The lowest BCUT2D eigenvalue weighted by Gasteiger charge is -2.27. The van der Waals surface area contributed by atoms with Gasteiger partial charge in [-0.1, -0.05) is 0 Å². The third-order valence-electron chi connectivity index (χ3n) is 3.06. The summed E-state index contributed by atoms with van der Waals surface area (Å²) < 4.78 is 11.3. The molecule has 0 fully saturated rings. The number of pyridine rings is 1. The minimum absolute atomic E-state index is 0.541. The quantitative estimate of drug-likeness (QED) is 0.783. The number of aldehydes is 1. The Hall–Kier alpha value is -2.36. The second-order valence-electron chi connectivity index (χ2n) is 4.88. The molecule has 4 heteroatoms. The van der Waals surface area contributed by atoms with Crippen molar-refractivity contribution in [1.29, 1.82) is 0 Å². The van der Waals surface area contributed by atoms with Crippen LogP contribution >= 0.6 is 0 Å². The van der Waals surface area contributed by atoms with Crippen LogP contribution in [0.5, 0.6) is 11.5 Å². The topological polar surface area (TPSA) is 48.4 Å². The van der Waals surface area contributed by atoms with E-state index in [1.807, 2.05) is 26.0 Å². The van der Waals surface area contributed by atoms with E-state index in [-0.39, 0.29) is 0 Å². The van der Waals surface area contributed by atoms with Crippen LogP contribution in [0.25, 0.3) is 0 Å². The number of nitrogens with zero attached hydrogens (tertiary/aromatic N) is 1. The molecule has 1 aromatic carbocycles. The fourth-order valence-electron chi connectivity index (χ4n) is 1.93. The highest BCUT2D eigenvalue weighted by Crippen LogP contribution is 2.34. The van der Waals surface area contributed by atoms with E-state index in [1.54, 1.807) is 37.7 Å². The van der Waals surface area contributed by atoms with Gasteiger partial charge in [-0.2, -0.15) is 0 Å². The molecule has 0 bridgehead atoms. The van der Waals surface area contributed by atoms with Crippen molar-refractivity contribution in [1.82, 2.24) is 4.98 Å². The summed E-state index contributed by atoms with van der Waals surface area (Å²) in [5, 5.41) is 0. The molecule has 4 nitrogen and oxygen atoms in total. The average molecular weight is 271 g/mol. The van der Waals surface area contributed by atoms with Crippen molar-refractivity contribution in [3.8, 4) is 11.5 Å². The molecule has 20 heavy (non-hydrogen) atoms. The standard InChI is InChI=1S/C16H17NO3/c1-16(2,13-6-8-17-9-7-13)20-15-10-12(11-18)4-5-14(15)19-3/h4-11H,1-3H3. The maximum Gasteiger partial charge on any atom is 0.163 e. The first-order valence-corrected chi connectivity index (χ1v) is 6.29. The van der Waals surface area contributed by atoms with Gasteiger partial charge in [0.15, 0.2) is 11.5 Å². The third-order valence-corrected chi connectivity index (χ3v) is 3.06. The van der Waals surface area contributed by atoms with Crippen LogP contribution in [-0.4, -0.2) is 18.4 Å². The van der Waals surface area contributed by atoms with Gasteiger partial charge in [-0.05, 0) is 49.7 Å². The molecule has 0 saturated heterocycles. The smallest absolute Gasteiger partial charge is 0.163 e. The van der Waals surface area contributed by atoms with Crippen molar-refractivity contribution in [3.05, 3.63) is 53.9 Å². The number of hydrogen-bond donors (Lipinski definition) is 0. The summed E-state index contributed by atoms with van der Waals surface area (Å²) in [5.74, 6) is 1.14. The fraction of sp³-hybridized carbons (Fsp3) is 0.250. The molecule has 0 aliphatic heterocycles. The summed E-state index contributed by atoms with van der Waals surface area (Å²) in [4.78, 5) is 14.9. The van der Waals surface area contributed by atoms with Gasteiger partial charge in [0.05, 0.1) is 7.11 Å². The second-order valence-corrected chi connectivity index (χ2v) is 4.88. The van der Waals surface area contributed by atoms with Gasteiger partial charge in [-0.3, -0.25) is 9.78 Å². The highest BCUT2D eigenvalue weighted by atomic mass is 16.5. The molecule has 0 amide bonds. The predicted molar refractivity (Wildman–Crippen MR) is 76.3 cm³/mol. The lowest BCUT2D eigenvalue weighted by Crippen LogP contribution is -2.25. The van der Waals surface area contributed by atoms with E-state index in [4.69, 9.17) is 9.47 Å². The first-order valence-electron chi connectivity index (χ1n) is 6.29. The fourth-order valence-corrected chi connectivity index (χ4v) is 1.93. The van der Waals surface area contributed by atoms with Crippen LogP contribution in [0.4, 0.5) is 0 Å². The van der Waals surface area contributed by atoms with Crippen molar-refractivity contribution in [2.75, 3.05) is 7.11 Å². The van der Waals surface area contributed by atoms with E-state index in [0.717, 1.165) is 11.8 Å². The molecule has 0 spiro atoms. The van der Waals surface area contributed by atoms with E-state index in [2.05, 4.69) is 4.98 Å². The van der Waals surface area contributed by atoms with Crippen molar-refractivity contribution in [2.24, 2.45) is 0 Å². The molecule has 2 aromatic rings. The zero-order valence-electron chi connectivity index (χ0n) is 11.8. The van der Waals surface area contributed by atoms with Crippen LogP contribution in [0.2, 0.25) is 0 Å². The van der Waals surface area contributed by atoms with Crippen LogP contribution in [-0.2, 0) is 5.60 Å². The first kappa shape index (κ1) is 14.1. The van der Waals surface area contributed by atoms with Gasteiger partial charge in [-0.25, -0.2) is 0 Å². The number of ether oxygens (including phenoxy) is 2. The Morgan fingerprint density at radius 1 is 1.10 bits per heavy atom. The summed E-state index contributed by atoms with van der Waals surface area (Å²) in [6, 6.07) is 8.89. The first-order chi connectivity index (χ1) is 9.56. The Balaban J connectivity index is 2.35. The van der Waals surface area contributed by atoms with Gasteiger partial charge in [0, 0.05) is 18.0 Å². The number of methoxy groups -OCH3 is 1.